The number of unbranched alkanes of at least 4 members (excludes halogenated alkanes) is 46. The van der Waals surface area contributed by atoms with Crippen molar-refractivity contribution in [3.8, 4) is 0 Å². The molecule has 10 heteroatoms. The zero-order valence-corrected chi connectivity index (χ0v) is 49.8. The lowest BCUT2D eigenvalue weighted by Gasteiger charge is -2.28. The highest BCUT2D eigenvalue weighted by atomic mass is 31.2. The van der Waals surface area contributed by atoms with E-state index >= 15 is 0 Å². The Morgan fingerprint density at radius 1 is 0.375 bits per heavy atom. The molecule has 0 aromatic carbocycles. The van der Waals surface area contributed by atoms with Gasteiger partial charge in [0.05, 0.1) is 27.7 Å². The molecule has 9 nitrogen and oxygen atoms in total. The lowest BCUT2D eigenvalue weighted by atomic mass is 10.0. The summed E-state index contributed by atoms with van der Waals surface area (Å²) in [5.41, 5.74) is 0. The van der Waals surface area contributed by atoms with Gasteiger partial charge in [0.15, 0.2) is 6.10 Å². The van der Waals surface area contributed by atoms with Crippen molar-refractivity contribution in [3.63, 3.8) is 0 Å². The molecular formula is C62H124NO8P. The van der Waals surface area contributed by atoms with Crippen molar-refractivity contribution in [2.24, 2.45) is 0 Å². The standard InChI is InChI=1S/C62H124NO8P/c1-6-8-10-12-14-16-18-20-22-24-26-28-29-30-31-32-33-35-37-39-41-43-45-47-49-51-53-55-62(65)71-60(59-70-72(66,67)69-57-56-63(3,4)5)58-68-61(64)54-52-50-48-46-44-42-40-38-36-34-27-25-23-21-19-17-15-13-11-9-7-2/h60H,6-59H2,1-5H3. The number of carbonyl (C=O) groups is 2. The summed E-state index contributed by atoms with van der Waals surface area (Å²) < 4.78 is 34.3. The van der Waals surface area contributed by atoms with E-state index in [9.17, 15) is 19.0 Å². The second-order valence-corrected chi connectivity index (χ2v) is 24.6. The lowest BCUT2D eigenvalue weighted by Crippen LogP contribution is -2.37. The van der Waals surface area contributed by atoms with E-state index < -0.39 is 26.5 Å². The first kappa shape index (κ1) is 71.0. The largest absolute Gasteiger partial charge is 0.756 e. The number of rotatable bonds is 60. The first-order valence-corrected chi connectivity index (χ1v) is 33.2. The fraction of sp³-hybridized carbons (Fsp3) is 0.968. The molecule has 2 unspecified atom stereocenters. The van der Waals surface area contributed by atoms with Crippen LogP contribution in [0.25, 0.3) is 0 Å². The number of likely N-dealkylation sites (N-methyl/N-ethyl adjacent to an activating group) is 1. The molecule has 0 radical (unpaired) electrons. The molecule has 0 aromatic heterocycles. The van der Waals surface area contributed by atoms with Crippen LogP contribution in [0.15, 0.2) is 0 Å². The van der Waals surface area contributed by atoms with Gasteiger partial charge in [-0.15, -0.1) is 0 Å². The maximum absolute atomic E-state index is 12.8. The second-order valence-electron chi connectivity index (χ2n) is 23.1. The molecular weight excluding hydrogens is 918 g/mol. The van der Waals surface area contributed by atoms with Crippen molar-refractivity contribution >= 4 is 19.8 Å². The van der Waals surface area contributed by atoms with Gasteiger partial charge in [-0.3, -0.25) is 14.2 Å². The van der Waals surface area contributed by atoms with Crippen molar-refractivity contribution in [1.29, 1.82) is 0 Å². The predicted molar refractivity (Wildman–Crippen MR) is 305 cm³/mol. The van der Waals surface area contributed by atoms with E-state index in [0.717, 1.165) is 32.1 Å². The first-order chi connectivity index (χ1) is 35.0. The molecule has 0 bridgehead atoms. The van der Waals surface area contributed by atoms with E-state index in [-0.39, 0.29) is 32.0 Å². The van der Waals surface area contributed by atoms with Crippen LogP contribution in [0.3, 0.4) is 0 Å². The van der Waals surface area contributed by atoms with Gasteiger partial charge in [-0.1, -0.05) is 309 Å². The van der Waals surface area contributed by atoms with Gasteiger partial charge < -0.3 is 27.9 Å². The third-order valence-corrected chi connectivity index (χ3v) is 15.6. The highest BCUT2D eigenvalue weighted by molar-refractivity contribution is 7.45. The van der Waals surface area contributed by atoms with Crippen LogP contribution in [-0.4, -0.2) is 70.0 Å². The van der Waals surface area contributed by atoms with Crippen molar-refractivity contribution in [2.45, 2.75) is 341 Å². The van der Waals surface area contributed by atoms with E-state index in [1.54, 1.807) is 0 Å². The summed E-state index contributed by atoms with van der Waals surface area (Å²) in [6.45, 7) is 4.33. The number of carbonyl (C=O) groups excluding carboxylic acids is 2. The van der Waals surface area contributed by atoms with Crippen molar-refractivity contribution < 1.29 is 42.1 Å². The fourth-order valence-corrected chi connectivity index (χ4v) is 10.4. The Hall–Kier alpha value is -0.990. The molecule has 0 fully saturated rings. The van der Waals surface area contributed by atoms with Crippen LogP contribution in [0.1, 0.15) is 335 Å². The zero-order valence-electron chi connectivity index (χ0n) is 48.9. The number of quaternary nitrogens is 1. The van der Waals surface area contributed by atoms with Crippen molar-refractivity contribution in [3.05, 3.63) is 0 Å². The maximum Gasteiger partial charge on any atom is 0.306 e. The quantitative estimate of drug-likeness (QED) is 0.0256. The van der Waals surface area contributed by atoms with Crippen LogP contribution in [-0.2, 0) is 32.7 Å². The minimum Gasteiger partial charge on any atom is -0.756 e. The zero-order chi connectivity index (χ0) is 52.7. The van der Waals surface area contributed by atoms with Crippen LogP contribution in [0, 0.1) is 0 Å². The molecule has 0 N–H and O–H groups in total. The van der Waals surface area contributed by atoms with Crippen LogP contribution in [0.4, 0.5) is 0 Å². The summed E-state index contributed by atoms with van der Waals surface area (Å²) in [6.07, 6.45) is 63.1. The number of nitrogens with zero attached hydrogens (tertiary/aromatic N) is 1. The van der Waals surface area contributed by atoms with Crippen LogP contribution >= 0.6 is 7.82 Å². The average molecular weight is 1040 g/mol. The van der Waals surface area contributed by atoms with Gasteiger partial charge in [-0.25, -0.2) is 0 Å². The molecule has 0 aliphatic rings. The molecule has 0 amide bonds. The molecule has 0 aliphatic heterocycles. The molecule has 0 heterocycles. The molecule has 0 rings (SSSR count). The number of hydrogen-bond donors (Lipinski definition) is 0. The van der Waals surface area contributed by atoms with Gasteiger partial charge in [0.25, 0.3) is 7.82 Å². The Morgan fingerprint density at radius 3 is 0.889 bits per heavy atom. The molecule has 0 aromatic rings. The summed E-state index contributed by atoms with van der Waals surface area (Å²) in [5.74, 6) is -0.806. The minimum absolute atomic E-state index is 0.0249. The van der Waals surface area contributed by atoms with E-state index in [1.807, 2.05) is 21.1 Å². The Labute approximate surface area is 448 Å². The molecule has 72 heavy (non-hydrogen) atoms. The maximum atomic E-state index is 12.8. The van der Waals surface area contributed by atoms with Crippen LogP contribution < -0.4 is 4.89 Å². The van der Waals surface area contributed by atoms with Gasteiger partial charge >= 0.3 is 11.9 Å². The third-order valence-electron chi connectivity index (χ3n) is 14.6. The highest BCUT2D eigenvalue weighted by Gasteiger charge is 2.22. The summed E-state index contributed by atoms with van der Waals surface area (Å²) in [7, 11) is 1.19. The summed E-state index contributed by atoms with van der Waals surface area (Å²) in [4.78, 5) is 37.9. The minimum atomic E-state index is -4.63. The SMILES string of the molecule is CCCCCCCCCCCCCCCCCCCCCCCCCCCCCC(=O)OC(COC(=O)CCCCCCCCCCCCCCCCCCCCCCC)COP(=O)([O-])OCC[N+](C)(C)C. The fourth-order valence-electron chi connectivity index (χ4n) is 9.72. The summed E-state index contributed by atoms with van der Waals surface area (Å²) >= 11 is 0. The molecule has 2 atom stereocenters. The predicted octanol–water partition coefficient (Wildman–Crippen LogP) is 19.2. The smallest absolute Gasteiger partial charge is 0.306 e. The van der Waals surface area contributed by atoms with Crippen molar-refractivity contribution in [1.82, 2.24) is 0 Å². The molecule has 0 spiro atoms. The topological polar surface area (TPSA) is 111 Å². The highest BCUT2D eigenvalue weighted by Crippen LogP contribution is 2.38. The first-order valence-electron chi connectivity index (χ1n) is 31.7. The number of phosphoric acid groups is 1. The van der Waals surface area contributed by atoms with Crippen molar-refractivity contribution in [2.75, 3.05) is 47.5 Å². The number of hydrogen-bond acceptors (Lipinski definition) is 8. The van der Waals surface area contributed by atoms with E-state index in [4.69, 9.17) is 18.5 Å². The van der Waals surface area contributed by atoms with Gasteiger partial charge in [-0.05, 0) is 12.8 Å². The molecule has 0 aliphatic carbocycles. The Kier molecular flexibility index (Phi) is 54.0. The van der Waals surface area contributed by atoms with Gasteiger partial charge in [-0.2, -0.15) is 0 Å². The Balaban J connectivity index is 4.04. The van der Waals surface area contributed by atoms with E-state index in [1.165, 1.54) is 270 Å². The number of ether oxygens (including phenoxy) is 2. The average Bonchev–Trinajstić information content (AvgIpc) is 3.34. The third kappa shape index (κ3) is 58.3. The Morgan fingerprint density at radius 2 is 0.625 bits per heavy atom. The van der Waals surface area contributed by atoms with E-state index in [0.29, 0.717) is 17.4 Å². The Bertz CT molecular complexity index is 1180. The number of phosphoric ester groups is 1. The monoisotopic (exact) mass is 1040 g/mol. The normalized spacial score (nSPS) is 13.1. The van der Waals surface area contributed by atoms with Gasteiger partial charge in [0.2, 0.25) is 0 Å². The second kappa shape index (κ2) is 54.8. The number of esters is 2. The molecule has 0 saturated heterocycles. The summed E-state index contributed by atoms with van der Waals surface area (Å²) in [5, 5.41) is 0. The van der Waals surface area contributed by atoms with Crippen LogP contribution in [0.5, 0.6) is 0 Å². The van der Waals surface area contributed by atoms with Crippen LogP contribution in [0.2, 0.25) is 0 Å². The lowest BCUT2D eigenvalue weighted by molar-refractivity contribution is -0.870. The van der Waals surface area contributed by atoms with E-state index in [2.05, 4.69) is 13.8 Å². The van der Waals surface area contributed by atoms with Gasteiger partial charge in [0.1, 0.15) is 19.8 Å². The molecule has 0 saturated carbocycles. The molecule has 430 valence electrons. The van der Waals surface area contributed by atoms with Gasteiger partial charge in [0, 0.05) is 12.8 Å². The summed E-state index contributed by atoms with van der Waals surface area (Å²) in [6, 6.07) is 0.